The normalized spacial score (nSPS) is 29.2. The highest BCUT2D eigenvalue weighted by molar-refractivity contribution is 5.77. The van der Waals surface area contributed by atoms with E-state index in [4.69, 9.17) is 4.74 Å². The van der Waals surface area contributed by atoms with E-state index in [1.807, 2.05) is 18.2 Å². The van der Waals surface area contributed by atoms with E-state index in [1.54, 1.807) is 7.11 Å². The van der Waals surface area contributed by atoms with Crippen LogP contribution in [0.25, 0.3) is 0 Å². The molecule has 0 amide bonds. The number of benzene rings is 1. The zero-order valence-corrected chi connectivity index (χ0v) is 9.85. The predicted molar refractivity (Wildman–Crippen MR) is 63.8 cm³/mol. The minimum Gasteiger partial charge on any atom is -0.381 e. The third-order valence-electron chi connectivity index (χ3n) is 3.69. The van der Waals surface area contributed by atoms with Crippen LogP contribution in [0.1, 0.15) is 41.6 Å². The van der Waals surface area contributed by atoms with E-state index in [9.17, 15) is 4.79 Å². The molecule has 0 heterocycles. The molecule has 0 saturated heterocycles. The van der Waals surface area contributed by atoms with Gasteiger partial charge in [-0.2, -0.15) is 0 Å². The van der Waals surface area contributed by atoms with Crippen molar-refractivity contribution in [3.05, 3.63) is 35.4 Å². The molecule has 0 spiro atoms. The van der Waals surface area contributed by atoms with Crippen LogP contribution in [0.4, 0.5) is 0 Å². The topological polar surface area (TPSA) is 26.3 Å². The lowest BCUT2D eigenvalue weighted by atomic mass is 9.90. The molecule has 1 aliphatic carbocycles. The molecule has 2 rings (SSSR count). The summed E-state index contributed by atoms with van der Waals surface area (Å²) in [5, 5.41) is 0. The highest BCUT2D eigenvalue weighted by atomic mass is 16.5. The van der Waals surface area contributed by atoms with Crippen LogP contribution < -0.4 is 0 Å². The maximum atomic E-state index is 11.0. The molecule has 0 N–H and O–H groups in total. The Morgan fingerprint density at radius 2 is 2.06 bits per heavy atom. The second-order valence-electron chi connectivity index (χ2n) is 4.61. The molecule has 1 fully saturated rings. The molecule has 0 aromatic heterocycles. The summed E-state index contributed by atoms with van der Waals surface area (Å²) in [5.74, 6) is 0.955. The zero-order chi connectivity index (χ0) is 11.5. The Balaban J connectivity index is 2.33. The fourth-order valence-electron chi connectivity index (χ4n) is 2.85. The van der Waals surface area contributed by atoms with Crippen molar-refractivity contribution in [1.82, 2.24) is 0 Å². The molecule has 3 unspecified atom stereocenters. The highest BCUT2D eigenvalue weighted by Crippen LogP contribution is 2.40. The lowest BCUT2D eigenvalue weighted by molar-refractivity contribution is 0.0641. The highest BCUT2D eigenvalue weighted by Gasteiger charge is 2.35. The van der Waals surface area contributed by atoms with Gasteiger partial charge in [0.1, 0.15) is 6.29 Å². The molecule has 0 bridgehead atoms. The van der Waals surface area contributed by atoms with Crippen LogP contribution in [0, 0.1) is 5.92 Å². The van der Waals surface area contributed by atoms with Crippen molar-refractivity contribution >= 4 is 6.29 Å². The van der Waals surface area contributed by atoms with Crippen LogP contribution in [0.5, 0.6) is 0 Å². The van der Waals surface area contributed by atoms with E-state index in [-0.39, 0.29) is 6.10 Å². The molecule has 0 radical (unpaired) electrons. The second-order valence-corrected chi connectivity index (χ2v) is 4.61. The average Bonchev–Trinajstić information content (AvgIpc) is 2.70. The first-order valence-corrected chi connectivity index (χ1v) is 5.84. The van der Waals surface area contributed by atoms with Gasteiger partial charge in [0, 0.05) is 18.6 Å². The largest absolute Gasteiger partial charge is 0.381 e. The molecular formula is C14H18O2. The Labute approximate surface area is 96.6 Å². The molecule has 2 nitrogen and oxygen atoms in total. The third-order valence-corrected chi connectivity index (χ3v) is 3.69. The summed E-state index contributed by atoms with van der Waals surface area (Å²) in [7, 11) is 1.77. The minimum absolute atomic E-state index is 0.251. The Morgan fingerprint density at radius 3 is 2.75 bits per heavy atom. The monoisotopic (exact) mass is 218 g/mol. The molecule has 1 aromatic rings. The zero-order valence-electron chi connectivity index (χ0n) is 9.85. The van der Waals surface area contributed by atoms with Crippen LogP contribution in [-0.2, 0) is 4.74 Å². The summed E-state index contributed by atoms with van der Waals surface area (Å²) in [5.41, 5.74) is 1.96. The van der Waals surface area contributed by atoms with Crippen LogP contribution in [0.2, 0.25) is 0 Å². The lowest BCUT2D eigenvalue weighted by Gasteiger charge is -2.22. The second kappa shape index (κ2) is 4.79. The van der Waals surface area contributed by atoms with Gasteiger partial charge in [-0.3, -0.25) is 4.79 Å². The maximum absolute atomic E-state index is 11.0. The van der Waals surface area contributed by atoms with E-state index in [2.05, 4.69) is 13.0 Å². The van der Waals surface area contributed by atoms with E-state index in [1.165, 1.54) is 6.42 Å². The van der Waals surface area contributed by atoms with Crippen molar-refractivity contribution in [3.8, 4) is 0 Å². The molecule has 86 valence electrons. The standard InChI is InChI=1S/C14H18O2/c1-10-7-8-13(14(10)16-2)12-6-4-3-5-11(12)9-15/h3-6,9-10,13-14H,7-8H2,1-2H3. The molecule has 1 aliphatic rings. The van der Waals surface area contributed by atoms with Gasteiger partial charge in [-0.1, -0.05) is 31.2 Å². The Bertz CT molecular complexity index is 373. The smallest absolute Gasteiger partial charge is 0.150 e. The molecule has 1 aromatic carbocycles. The van der Waals surface area contributed by atoms with E-state index >= 15 is 0 Å². The van der Waals surface area contributed by atoms with Gasteiger partial charge in [0.2, 0.25) is 0 Å². The number of ether oxygens (including phenoxy) is 1. The number of carbonyl (C=O) groups is 1. The van der Waals surface area contributed by atoms with Gasteiger partial charge in [0.15, 0.2) is 0 Å². The Kier molecular flexibility index (Phi) is 3.39. The summed E-state index contributed by atoms with van der Waals surface area (Å²) in [6.45, 7) is 2.22. The number of hydrogen-bond acceptors (Lipinski definition) is 2. The summed E-state index contributed by atoms with van der Waals surface area (Å²) in [4.78, 5) is 11.0. The fraction of sp³-hybridized carbons (Fsp3) is 0.500. The summed E-state index contributed by atoms with van der Waals surface area (Å²) >= 11 is 0. The number of carbonyl (C=O) groups excluding carboxylic acids is 1. The van der Waals surface area contributed by atoms with Crippen molar-refractivity contribution in [2.45, 2.75) is 31.8 Å². The van der Waals surface area contributed by atoms with Crippen LogP contribution in [0.15, 0.2) is 24.3 Å². The van der Waals surface area contributed by atoms with Gasteiger partial charge in [-0.25, -0.2) is 0 Å². The van der Waals surface area contributed by atoms with Gasteiger partial charge >= 0.3 is 0 Å². The number of hydrogen-bond donors (Lipinski definition) is 0. The number of rotatable bonds is 3. The van der Waals surface area contributed by atoms with Crippen molar-refractivity contribution in [2.24, 2.45) is 5.92 Å². The van der Waals surface area contributed by atoms with Crippen molar-refractivity contribution in [3.63, 3.8) is 0 Å². The van der Waals surface area contributed by atoms with Gasteiger partial charge in [-0.15, -0.1) is 0 Å². The van der Waals surface area contributed by atoms with E-state index < -0.39 is 0 Å². The van der Waals surface area contributed by atoms with E-state index in [0.29, 0.717) is 11.8 Å². The van der Waals surface area contributed by atoms with Crippen LogP contribution >= 0.6 is 0 Å². The van der Waals surface area contributed by atoms with Crippen molar-refractivity contribution in [2.75, 3.05) is 7.11 Å². The summed E-state index contributed by atoms with van der Waals surface area (Å²) in [6.07, 6.45) is 3.49. The summed E-state index contributed by atoms with van der Waals surface area (Å²) in [6, 6.07) is 7.85. The SMILES string of the molecule is COC1C(C)CCC1c1ccccc1C=O. The molecule has 2 heteroatoms. The van der Waals surface area contributed by atoms with Crippen LogP contribution in [-0.4, -0.2) is 19.5 Å². The third kappa shape index (κ3) is 1.90. The maximum Gasteiger partial charge on any atom is 0.150 e. The summed E-state index contributed by atoms with van der Waals surface area (Å²) < 4.78 is 5.57. The predicted octanol–water partition coefficient (Wildman–Crippen LogP) is 3.03. The molecule has 1 saturated carbocycles. The van der Waals surface area contributed by atoms with Gasteiger partial charge in [0.25, 0.3) is 0 Å². The van der Waals surface area contributed by atoms with Crippen LogP contribution in [0.3, 0.4) is 0 Å². The Morgan fingerprint density at radius 1 is 1.31 bits per heavy atom. The fourth-order valence-corrected chi connectivity index (χ4v) is 2.85. The number of methoxy groups -OCH3 is 1. The van der Waals surface area contributed by atoms with E-state index in [0.717, 1.165) is 23.8 Å². The van der Waals surface area contributed by atoms with Gasteiger partial charge in [0.05, 0.1) is 6.10 Å². The first-order valence-electron chi connectivity index (χ1n) is 5.84. The molecular weight excluding hydrogens is 200 g/mol. The quantitative estimate of drug-likeness (QED) is 0.729. The first-order chi connectivity index (χ1) is 7.77. The number of aldehydes is 1. The Hall–Kier alpha value is -1.15. The lowest BCUT2D eigenvalue weighted by Crippen LogP contribution is -2.21. The van der Waals surface area contributed by atoms with Crippen molar-refractivity contribution < 1.29 is 9.53 Å². The first kappa shape index (κ1) is 11.3. The molecule has 16 heavy (non-hydrogen) atoms. The minimum atomic E-state index is 0.251. The van der Waals surface area contributed by atoms with Gasteiger partial charge < -0.3 is 4.74 Å². The average molecular weight is 218 g/mol. The van der Waals surface area contributed by atoms with Crippen molar-refractivity contribution in [1.29, 1.82) is 0 Å². The van der Waals surface area contributed by atoms with Gasteiger partial charge in [-0.05, 0) is 24.3 Å². The molecule has 0 aliphatic heterocycles. The molecule has 3 atom stereocenters.